The van der Waals surface area contributed by atoms with Crippen molar-refractivity contribution in [3.05, 3.63) is 65.9 Å². The Morgan fingerprint density at radius 1 is 1.17 bits per heavy atom. The molecule has 2 aromatic carbocycles. The number of methoxy groups -OCH3 is 1. The Morgan fingerprint density at radius 2 is 1.88 bits per heavy atom. The zero-order valence-corrected chi connectivity index (χ0v) is 13.8. The number of aromatic carboxylic acids is 1. The summed E-state index contributed by atoms with van der Waals surface area (Å²) in [7, 11) is 1.65. The number of nitrogens with zero attached hydrogens (tertiary/aromatic N) is 1. The predicted molar refractivity (Wildman–Crippen MR) is 94.8 cm³/mol. The van der Waals surface area contributed by atoms with Crippen molar-refractivity contribution in [2.45, 2.75) is 6.54 Å². The zero-order valence-electron chi connectivity index (χ0n) is 13.0. The number of hydrogen-bond acceptors (Lipinski definition) is 5. The summed E-state index contributed by atoms with van der Waals surface area (Å²) < 4.78 is 5.14. The Bertz CT molecular complexity index is 826. The van der Waals surface area contributed by atoms with Crippen LogP contribution >= 0.6 is 11.3 Å². The lowest BCUT2D eigenvalue weighted by atomic mass is 10.1. The number of aromatic nitrogens is 1. The van der Waals surface area contributed by atoms with Crippen molar-refractivity contribution in [3.63, 3.8) is 0 Å². The standard InChI is InChI=1S/C18H16N2O3S/c1-23-15-8-2-12(3-9-15)10-19-18-20-11-16(24-18)13-4-6-14(7-5-13)17(21)22/h2-9,11H,10H2,1H3,(H,19,20)(H,21,22). The van der Waals surface area contributed by atoms with Crippen LogP contribution in [-0.2, 0) is 6.54 Å². The van der Waals surface area contributed by atoms with E-state index in [1.54, 1.807) is 37.6 Å². The fourth-order valence-electron chi connectivity index (χ4n) is 2.19. The molecule has 122 valence electrons. The zero-order chi connectivity index (χ0) is 16.9. The van der Waals surface area contributed by atoms with Gasteiger partial charge in [-0.05, 0) is 35.4 Å². The van der Waals surface area contributed by atoms with Gasteiger partial charge in [-0.3, -0.25) is 0 Å². The van der Waals surface area contributed by atoms with Gasteiger partial charge in [0.15, 0.2) is 5.13 Å². The highest BCUT2D eigenvalue weighted by molar-refractivity contribution is 7.18. The molecule has 0 radical (unpaired) electrons. The minimum absolute atomic E-state index is 0.279. The normalized spacial score (nSPS) is 10.4. The van der Waals surface area contributed by atoms with Crippen LogP contribution in [0, 0.1) is 0 Å². The highest BCUT2D eigenvalue weighted by atomic mass is 32.1. The summed E-state index contributed by atoms with van der Waals surface area (Å²) >= 11 is 1.53. The van der Waals surface area contributed by atoms with E-state index in [1.165, 1.54) is 11.3 Å². The molecule has 1 aromatic heterocycles. The van der Waals surface area contributed by atoms with E-state index in [1.807, 2.05) is 24.3 Å². The van der Waals surface area contributed by atoms with Crippen LogP contribution in [0.5, 0.6) is 5.75 Å². The predicted octanol–water partition coefficient (Wildman–Crippen LogP) is 4.13. The van der Waals surface area contributed by atoms with Gasteiger partial charge >= 0.3 is 5.97 Å². The first-order chi connectivity index (χ1) is 11.7. The second kappa shape index (κ2) is 7.14. The third-order valence-electron chi connectivity index (χ3n) is 3.52. The van der Waals surface area contributed by atoms with Crippen molar-refractivity contribution in [1.29, 1.82) is 0 Å². The Labute approximate surface area is 143 Å². The van der Waals surface area contributed by atoms with E-state index in [-0.39, 0.29) is 5.56 Å². The van der Waals surface area contributed by atoms with Gasteiger partial charge < -0.3 is 15.2 Å². The highest BCUT2D eigenvalue weighted by Gasteiger charge is 2.07. The van der Waals surface area contributed by atoms with Crippen LogP contribution in [0.2, 0.25) is 0 Å². The average Bonchev–Trinajstić information content (AvgIpc) is 3.09. The van der Waals surface area contributed by atoms with Crippen LogP contribution in [0.15, 0.2) is 54.7 Å². The van der Waals surface area contributed by atoms with E-state index >= 15 is 0 Å². The number of anilines is 1. The van der Waals surface area contributed by atoms with Crippen LogP contribution < -0.4 is 10.1 Å². The maximum atomic E-state index is 10.9. The van der Waals surface area contributed by atoms with E-state index < -0.39 is 5.97 Å². The number of carboxylic acid groups (broad SMARTS) is 1. The number of carboxylic acids is 1. The molecule has 0 saturated heterocycles. The Kier molecular flexibility index (Phi) is 4.77. The smallest absolute Gasteiger partial charge is 0.335 e. The number of thiazole rings is 1. The van der Waals surface area contributed by atoms with Gasteiger partial charge in [0.05, 0.1) is 17.6 Å². The van der Waals surface area contributed by atoms with Crippen molar-refractivity contribution in [2.24, 2.45) is 0 Å². The summed E-state index contributed by atoms with van der Waals surface area (Å²) in [6, 6.07) is 14.6. The van der Waals surface area contributed by atoms with Gasteiger partial charge in [0.25, 0.3) is 0 Å². The molecule has 0 bridgehead atoms. The summed E-state index contributed by atoms with van der Waals surface area (Å²) in [6.45, 7) is 0.675. The molecule has 24 heavy (non-hydrogen) atoms. The maximum absolute atomic E-state index is 10.9. The molecule has 3 aromatic rings. The number of nitrogens with one attached hydrogen (secondary N) is 1. The van der Waals surface area contributed by atoms with Gasteiger partial charge in [0.2, 0.25) is 0 Å². The fourth-order valence-corrected chi connectivity index (χ4v) is 3.00. The molecule has 0 amide bonds. The SMILES string of the molecule is COc1ccc(CNc2ncc(-c3ccc(C(=O)O)cc3)s2)cc1. The highest BCUT2D eigenvalue weighted by Crippen LogP contribution is 2.29. The maximum Gasteiger partial charge on any atom is 0.335 e. The molecular formula is C18H16N2O3S. The van der Waals surface area contributed by atoms with E-state index in [4.69, 9.17) is 9.84 Å². The third-order valence-corrected chi connectivity index (χ3v) is 4.53. The molecule has 0 saturated carbocycles. The lowest BCUT2D eigenvalue weighted by Gasteiger charge is -2.04. The molecule has 0 atom stereocenters. The number of benzene rings is 2. The summed E-state index contributed by atoms with van der Waals surface area (Å²) in [5.41, 5.74) is 2.37. The van der Waals surface area contributed by atoms with Crippen LogP contribution in [0.1, 0.15) is 15.9 Å². The monoisotopic (exact) mass is 340 g/mol. The summed E-state index contributed by atoms with van der Waals surface area (Å²) in [6.07, 6.45) is 1.79. The Morgan fingerprint density at radius 3 is 2.50 bits per heavy atom. The third kappa shape index (κ3) is 3.72. The molecule has 2 N–H and O–H groups in total. The van der Waals surface area contributed by atoms with E-state index in [0.717, 1.165) is 26.9 Å². The molecule has 0 unspecified atom stereocenters. The first-order valence-electron chi connectivity index (χ1n) is 7.32. The number of carbonyl (C=O) groups is 1. The van der Waals surface area contributed by atoms with E-state index in [0.29, 0.717) is 6.54 Å². The van der Waals surface area contributed by atoms with Crippen LogP contribution in [0.3, 0.4) is 0 Å². The first kappa shape index (κ1) is 16.0. The second-order valence-corrected chi connectivity index (χ2v) is 6.14. The number of rotatable bonds is 6. The average molecular weight is 340 g/mol. The largest absolute Gasteiger partial charge is 0.497 e. The molecule has 0 aliphatic heterocycles. The topological polar surface area (TPSA) is 71.5 Å². The van der Waals surface area contributed by atoms with Gasteiger partial charge in [0.1, 0.15) is 5.75 Å². The van der Waals surface area contributed by atoms with E-state index in [9.17, 15) is 4.79 Å². The van der Waals surface area contributed by atoms with Gasteiger partial charge in [-0.15, -0.1) is 0 Å². The summed E-state index contributed by atoms with van der Waals surface area (Å²) in [5, 5.41) is 13.0. The van der Waals surface area contributed by atoms with Gasteiger partial charge in [-0.25, -0.2) is 9.78 Å². The van der Waals surface area contributed by atoms with Crippen LogP contribution in [0.25, 0.3) is 10.4 Å². The van der Waals surface area contributed by atoms with Crippen molar-refractivity contribution < 1.29 is 14.6 Å². The Hall–Kier alpha value is -2.86. The minimum Gasteiger partial charge on any atom is -0.497 e. The molecule has 5 nitrogen and oxygen atoms in total. The van der Waals surface area contributed by atoms with Crippen molar-refractivity contribution in [3.8, 4) is 16.2 Å². The molecule has 1 heterocycles. The molecule has 0 fully saturated rings. The Balaban J connectivity index is 1.65. The number of hydrogen-bond donors (Lipinski definition) is 2. The quantitative estimate of drug-likeness (QED) is 0.706. The second-order valence-electron chi connectivity index (χ2n) is 5.11. The minimum atomic E-state index is -0.923. The molecular weight excluding hydrogens is 324 g/mol. The first-order valence-corrected chi connectivity index (χ1v) is 8.14. The lowest BCUT2D eigenvalue weighted by Crippen LogP contribution is -1.98. The van der Waals surface area contributed by atoms with Gasteiger partial charge in [-0.2, -0.15) is 0 Å². The van der Waals surface area contributed by atoms with Crippen molar-refractivity contribution in [1.82, 2.24) is 4.98 Å². The van der Waals surface area contributed by atoms with Crippen LogP contribution in [0.4, 0.5) is 5.13 Å². The van der Waals surface area contributed by atoms with Crippen molar-refractivity contribution in [2.75, 3.05) is 12.4 Å². The molecule has 0 aliphatic rings. The molecule has 0 spiro atoms. The number of ether oxygens (including phenoxy) is 1. The van der Waals surface area contributed by atoms with Crippen molar-refractivity contribution >= 4 is 22.4 Å². The van der Waals surface area contributed by atoms with Crippen LogP contribution in [-0.4, -0.2) is 23.2 Å². The van der Waals surface area contributed by atoms with Gasteiger partial charge in [-0.1, -0.05) is 35.6 Å². The molecule has 6 heteroatoms. The van der Waals surface area contributed by atoms with E-state index in [2.05, 4.69) is 10.3 Å². The lowest BCUT2D eigenvalue weighted by molar-refractivity contribution is 0.0697. The summed E-state index contributed by atoms with van der Waals surface area (Å²) in [4.78, 5) is 16.2. The molecule has 0 aliphatic carbocycles. The van der Waals surface area contributed by atoms with Gasteiger partial charge in [0, 0.05) is 12.7 Å². The molecule has 3 rings (SSSR count). The fraction of sp³-hybridized carbons (Fsp3) is 0.111. The summed E-state index contributed by atoms with van der Waals surface area (Å²) in [5.74, 6) is -0.0900.